The molecule has 1 atom stereocenters. The molecule has 0 N–H and O–H groups in total. The largest absolute Gasteiger partial charge is 0.292 e. The van der Waals surface area contributed by atoms with Crippen LogP contribution in [0.25, 0.3) is 10.9 Å². The number of benzene rings is 1. The van der Waals surface area contributed by atoms with Crippen LogP contribution in [0.1, 0.15) is 59.9 Å². The van der Waals surface area contributed by atoms with Crippen LogP contribution in [-0.4, -0.2) is 9.55 Å². The van der Waals surface area contributed by atoms with Gasteiger partial charge >= 0.3 is 0 Å². The molecule has 0 spiro atoms. The van der Waals surface area contributed by atoms with E-state index >= 15 is 0 Å². The smallest absolute Gasteiger partial charge is 0.261 e. The maximum absolute atomic E-state index is 13.0. The van der Waals surface area contributed by atoms with Crippen molar-refractivity contribution < 1.29 is 0 Å². The molecule has 2 aliphatic rings. The molecule has 0 saturated heterocycles. The van der Waals surface area contributed by atoms with E-state index in [4.69, 9.17) is 4.98 Å². The van der Waals surface area contributed by atoms with Crippen molar-refractivity contribution in [3.8, 4) is 0 Å². The van der Waals surface area contributed by atoms with Gasteiger partial charge in [0, 0.05) is 6.04 Å². The van der Waals surface area contributed by atoms with Crippen LogP contribution in [0.3, 0.4) is 0 Å². The van der Waals surface area contributed by atoms with Gasteiger partial charge in [-0.1, -0.05) is 34.7 Å². The van der Waals surface area contributed by atoms with Crippen molar-refractivity contribution in [3.05, 3.63) is 39.9 Å². The quantitative estimate of drug-likeness (QED) is 0.594. The second-order valence-electron chi connectivity index (χ2n) is 6.01. The van der Waals surface area contributed by atoms with Crippen molar-refractivity contribution in [2.24, 2.45) is 0 Å². The maximum Gasteiger partial charge on any atom is 0.261 e. The minimum Gasteiger partial charge on any atom is -0.292 e. The van der Waals surface area contributed by atoms with Crippen molar-refractivity contribution in [2.45, 2.75) is 48.5 Å². The number of halogens is 1. The van der Waals surface area contributed by atoms with Crippen molar-refractivity contribution in [3.63, 3.8) is 0 Å². The molecule has 104 valence electrons. The molecule has 1 heterocycles. The summed E-state index contributed by atoms with van der Waals surface area (Å²) in [5.74, 6) is 1.53. The number of hydrogen-bond donors (Lipinski definition) is 0. The van der Waals surface area contributed by atoms with Gasteiger partial charge in [-0.15, -0.1) is 0 Å². The van der Waals surface area contributed by atoms with Crippen molar-refractivity contribution in [2.75, 3.05) is 0 Å². The molecule has 1 aromatic heterocycles. The molecule has 0 amide bonds. The van der Waals surface area contributed by atoms with E-state index in [9.17, 15) is 4.79 Å². The normalized spacial score (nSPS) is 20.3. The van der Waals surface area contributed by atoms with Gasteiger partial charge < -0.3 is 0 Å². The van der Waals surface area contributed by atoms with Crippen LogP contribution in [0.4, 0.5) is 0 Å². The third-order valence-corrected chi connectivity index (χ3v) is 4.83. The zero-order chi connectivity index (χ0) is 13.9. The van der Waals surface area contributed by atoms with E-state index in [-0.39, 0.29) is 9.48 Å². The fourth-order valence-electron chi connectivity index (χ4n) is 2.99. The monoisotopic (exact) mass is 380 g/mol. The molecule has 0 unspecified atom stereocenters. The number of nitrogens with zero attached hydrogens (tertiary/aromatic N) is 2. The molecular weight excluding hydrogens is 363 g/mol. The first-order valence-electron chi connectivity index (χ1n) is 7.36. The lowest BCUT2D eigenvalue weighted by molar-refractivity contribution is 0.647. The zero-order valence-corrected chi connectivity index (χ0v) is 13.6. The van der Waals surface area contributed by atoms with Gasteiger partial charge in [0.15, 0.2) is 0 Å². The third-order valence-electron chi connectivity index (χ3n) is 4.27. The van der Waals surface area contributed by atoms with Crippen LogP contribution in [0.2, 0.25) is 0 Å². The third kappa shape index (κ3) is 2.00. The van der Waals surface area contributed by atoms with E-state index in [0.29, 0.717) is 12.0 Å². The summed E-state index contributed by atoms with van der Waals surface area (Å²) in [7, 11) is 0. The van der Waals surface area contributed by atoms with Crippen LogP contribution in [0, 0.1) is 0 Å². The van der Waals surface area contributed by atoms with Gasteiger partial charge in [0.1, 0.15) is 5.82 Å². The Labute approximate surface area is 131 Å². The molecule has 4 rings (SSSR count). The molecule has 0 radical (unpaired) electrons. The van der Waals surface area contributed by atoms with Gasteiger partial charge in [0.2, 0.25) is 0 Å². The summed E-state index contributed by atoms with van der Waals surface area (Å²) in [6.07, 6.45) is 4.67. The molecule has 0 aliphatic heterocycles. The summed E-state index contributed by atoms with van der Waals surface area (Å²) < 4.78 is 2.24. The summed E-state index contributed by atoms with van der Waals surface area (Å²) in [5.41, 5.74) is 2.30. The molecule has 4 heteroatoms. The first-order valence-corrected chi connectivity index (χ1v) is 8.60. The van der Waals surface area contributed by atoms with Gasteiger partial charge in [-0.25, -0.2) is 4.98 Å². The summed E-state index contributed by atoms with van der Waals surface area (Å²) in [6.45, 7) is 2.11. The fourth-order valence-corrected chi connectivity index (χ4v) is 3.43. The van der Waals surface area contributed by atoms with E-state index < -0.39 is 0 Å². The number of aromatic nitrogens is 2. The number of fused-ring (bicyclic) bond motifs is 1. The lowest BCUT2D eigenvalue weighted by Crippen LogP contribution is -2.25. The Kier molecular flexibility index (Phi) is 2.91. The fraction of sp³-hybridized carbons (Fsp3) is 0.500. The van der Waals surface area contributed by atoms with E-state index in [1.807, 2.05) is 16.7 Å². The predicted octanol–water partition coefficient (Wildman–Crippen LogP) is 4.10. The van der Waals surface area contributed by atoms with E-state index in [2.05, 4.69) is 35.6 Å². The van der Waals surface area contributed by atoms with Gasteiger partial charge in [-0.05, 0) is 50.2 Å². The highest BCUT2D eigenvalue weighted by Crippen LogP contribution is 2.43. The van der Waals surface area contributed by atoms with Gasteiger partial charge in [0.25, 0.3) is 5.56 Å². The number of hydrogen-bond acceptors (Lipinski definition) is 2. The lowest BCUT2D eigenvalue weighted by Gasteiger charge is -2.15. The second kappa shape index (κ2) is 4.55. The topological polar surface area (TPSA) is 34.9 Å². The highest BCUT2D eigenvalue weighted by molar-refractivity contribution is 14.1. The minimum absolute atomic E-state index is 0.193. The summed E-state index contributed by atoms with van der Waals surface area (Å²) in [4.78, 5) is 17.8. The Morgan fingerprint density at radius 1 is 1.30 bits per heavy atom. The molecule has 2 aromatic rings. The Balaban J connectivity index is 2.07. The standard InChI is InChI=1S/C16H17IN2O/c1-9(17)15-18-13-4-2-3-12(10-5-6-10)14(13)16(20)19(15)11-7-8-11/h2-4,9-11H,5-8H2,1H3/t9-/m1/s1. The van der Waals surface area contributed by atoms with Crippen molar-refractivity contribution in [1.82, 2.24) is 9.55 Å². The average Bonchev–Trinajstić information content (AvgIpc) is 3.28. The predicted molar refractivity (Wildman–Crippen MR) is 88.7 cm³/mol. The van der Waals surface area contributed by atoms with Crippen LogP contribution in [-0.2, 0) is 0 Å². The molecule has 3 nitrogen and oxygen atoms in total. The molecule has 2 fully saturated rings. The first-order chi connectivity index (χ1) is 9.66. The Bertz CT molecular complexity index is 742. The number of rotatable bonds is 3. The molecular formula is C16H17IN2O. The average molecular weight is 380 g/mol. The Morgan fingerprint density at radius 3 is 2.65 bits per heavy atom. The molecule has 1 aromatic carbocycles. The van der Waals surface area contributed by atoms with E-state index in [1.165, 1.54) is 18.4 Å². The SMILES string of the molecule is C[C@@H](I)c1nc2cccc(C3CC3)c2c(=O)n1C1CC1. The lowest BCUT2D eigenvalue weighted by atomic mass is 10.1. The van der Waals surface area contributed by atoms with Gasteiger partial charge in [-0.3, -0.25) is 9.36 Å². The first kappa shape index (κ1) is 12.8. The molecule has 2 aliphatic carbocycles. The van der Waals surface area contributed by atoms with E-state index in [0.717, 1.165) is 29.6 Å². The van der Waals surface area contributed by atoms with E-state index in [1.54, 1.807) is 0 Å². The van der Waals surface area contributed by atoms with Crippen molar-refractivity contribution in [1.29, 1.82) is 0 Å². The highest BCUT2D eigenvalue weighted by atomic mass is 127. The highest BCUT2D eigenvalue weighted by Gasteiger charge is 2.32. The zero-order valence-electron chi connectivity index (χ0n) is 11.5. The molecule has 2 saturated carbocycles. The van der Waals surface area contributed by atoms with Crippen LogP contribution in [0.5, 0.6) is 0 Å². The second-order valence-corrected chi connectivity index (χ2v) is 7.88. The maximum atomic E-state index is 13.0. The summed E-state index contributed by atoms with van der Waals surface area (Å²) >= 11 is 2.36. The van der Waals surface area contributed by atoms with Gasteiger partial charge in [-0.2, -0.15) is 0 Å². The molecule has 0 bridgehead atoms. The Hall–Kier alpha value is -0.910. The van der Waals surface area contributed by atoms with Crippen LogP contribution < -0.4 is 5.56 Å². The van der Waals surface area contributed by atoms with Crippen LogP contribution >= 0.6 is 22.6 Å². The Morgan fingerprint density at radius 2 is 2.05 bits per heavy atom. The summed E-state index contributed by atoms with van der Waals surface area (Å²) in [5, 5.41) is 0.878. The van der Waals surface area contributed by atoms with Crippen molar-refractivity contribution >= 4 is 33.5 Å². The molecule has 20 heavy (non-hydrogen) atoms. The van der Waals surface area contributed by atoms with Gasteiger partial charge in [0.05, 0.1) is 14.8 Å². The van der Waals surface area contributed by atoms with Crippen LogP contribution in [0.15, 0.2) is 23.0 Å². The number of alkyl halides is 1. The minimum atomic E-state index is 0.193. The summed E-state index contributed by atoms with van der Waals surface area (Å²) in [6, 6.07) is 6.54.